The third-order valence-corrected chi connectivity index (χ3v) is 4.43. The Morgan fingerprint density at radius 2 is 0.969 bits per heavy atom. The van der Waals surface area contributed by atoms with Crippen LogP contribution in [-0.2, 0) is 18.9 Å². The van der Waals surface area contributed by atoms with Crippen LogP contribution in [0.3, 0.4) is 0 Å². The van der Waals surface area contributed by atoms with Crippen LogP contribution in [0, 0.1) is 0 Å². The molecule has 32 heavy (non-hydrogen) atoms. The number of hydrogen-bond acceptors (Lipinski definition) is 9. The van der Waals surface area contributed by atoms with Crippen LogP contribution >= 0.6 is 0 Å². The van der Waals surface area contributed by atoms with Crippen molar-refractivity contribution in [2.24, 2.45) is 0 Å². The van der Waals surface area contributed by atoms with Crippen molar-refractivity contribution in [1.82, 2.24) is 0 Å². The number of hydrogen-bond donors (Lipinski definition) is 0. The third-order valence-electron chi connectivity index (χ3n) is 4.43. The van der Waals surface area contributed by atoms with Crippen LogP contribution in [0.4, 0.5) is 0 Å². The molecule has 0 spiro atoms. The summed E-state index contributed by atoms with van der Waals surface area (Å²) in [6, 6.07) is 4.53. The fourth-order valence-corrected chi connectivity index (χ4v) is 3.24. The van der Waals surface area contributed by atoms with Gasteiger partial charge in [-0.25, -0.2) is 19.2 Å². The van der Waals surface area contributed by atoms with Crippen LogP contribution in [0.5, 0.6) is 5.75 Å². The van der Waals surface area contributed by atoms with Gasteiger partial charge in [0.1, 0.15) is 5.75 Å². The van der Waals surface area contributed by atoms with Gasteiger partial charge in [0.15, 0.2) is 0 Å². The summed E-state index contributed by atoms with van der Waals surface area (Å²) in [4.78, 5) is 51.9. The summed E-state index contributed by atoms with van der Waals surface area (Å²) in [5.41, 5.74) is -1.27. The lowest BCUT2D eigenvalue weighted by Gasteiger charge is -2.19. The maximum Gasteiger partial charge on any atom is 0.339 e. The molecule has 0 aliphatic carbocycles. The molecule has 0 saturated carbocycles. The largest absolute Gasteiger partial charge is 0.497 e. The highest BCUT2D eigenvalue weighted by molar-refractivity contribution is 6.24. The van der Waals surface area contributed by atoms with Crippen LogP contribution < -0.4 is 4.74 Å². The Balaban J connectivity index is 3.17. The zero-order valence-corrected chi connectivity index (χ0v) is 18.7. The Hall–Kier alpha value is -3.62. The summed E-state index contributed by atoms with van der Waals surface area (Å²) in [5.74, 6) is -3.31. The average molecular weight is 446 g/mol. The van der Waals surface area contributed by atoms with E-state index >= 15 is 0 Å². The van der Waals surface area contributed by atoms with Crippen LogP contribution in [0.25, 0.3) is 10.8 Å². The van der Waals surface area contributed by atoms with E-state index in [1.165, 1.54) is 19.2 Å². The second-order valence-corrected chi connectivity index (χ2v) is 6.29. The molecule has 0 radical (unpaired) electrons. The van der Waals surface area contributed by atoms with Gasteiger partial charge in [-0.05, 0) is 51.3 Å². The lowest BCUT2D eigenvalue weighted by Crippen LogP contribution is -2.24. The second kappa shape index (κ2) is 11.1. The topological polar surface area (TPSA) is 114 Å². The first-order valence-electron chi connectivity index (χ1n) is 10.2. The van der Waals surface area contributed by atoms with Crippen LogP contribution in [-0.4, -0.2) is 57.4 Å². The van der Waals surface area contributed by atoms with E-state index in [0.717, 1.165) is 0 Å². The van der Waals surface area contributed by atoms with Crippen molar-refractivity contribution in [2.75, 3.05) is 33.5 Å². The molecule has 0 unspecified atom stereocenters. The van der Waals surface area contributed by atoms with Gasteiger partial charge >= 0.3 is 23.9 Å². The number of carbonyl (C=O) groups is 4. The molecular weight excluding hydrogens is 420 g/mol. The molecule has 0 atom stereocenters. The summed E-state index contributed by atoms with van der Waals surface area (Å²) in [6.07, 6.45) is 0. The maximum absolute atomic E-state index is 13.0. The van der Waals surface area contributed by atoms with Gasteiger partial charge in [-0.15, -0.1) is 0 Å². The van der Waals surface area contributed by atoms with E-state index in [-0.39, 0.29) is 48.3 Å². The van der Waals surface area contributed by atoms with Crippen molar-refractivity contribution in [3.63, 3.8) is 0 Å². The van der Waals surface area contributed by atoms with Crippen molar-refractivity contribution < 1.29 is 42.9 Å². The first-order valence-corrected chi connectivity index (χ1v) is 10.2. The van der Waals surface area contributed by atoms with E-state index in [2.05, 4.69) is 0 Å². The molecule has 2 rings (SSSR count). The number of rotatable bonds is 9. The first kappa shape index (κ1) is 24.6. The molecule has 2 aromatic carbocycles. The molecule has 0 amide bonds. The first-order chi connectivity index (χ1) is 15.4. The van der Waals surface area contributed by atoms with Gasteiger partial charge in [0, 0.05) is 5.39 Å². The highest BCUT2D eigenvalue weighted by atomic mass is 16.5. The van der Waals surface area contributed by atoms with Crippen molar-refractivity contribution in [1.29, 1.82) is 0 Å². The Bertz CT molecular complexity index is 1040. The standard InChI is InChI=1S/C23H26O9/c1-6-29-20(24)16-14-11-10-13(28-5)12-15(14)17(21(25)30-7-2)19(23(27)32-9-4)18(16)22(26)31-8-3/h10-12H,6-9H2,1-5H3. The highest BCUT2D eigenvalue weighted by Crippen LogP contribution is 2.35. The van der Waals surface area contributed by atoms with E-state index in [0.29, 0.717) is 5.75 Å². The summed E-state index contributed by atoms with van der Waals surface area (Å²) < 4.78 is 25.8. The molecular formula is C23H26O9. The van der Waals surface area contributed by atoms with Gasteiger partial charge in [-0.1, -0.05) is 0 Å². The molecule has 0 bridgehead atoms. The van der Waals surface area contributed by atoms with Gasteiger partial charge in [0.05, 0.1) is 55.8 Å². The lowest BCUT2D eigenvalue weighted by atomic mass is 9.88. The smallest absolute Gasteiger partial charge is 0.339 e. The average Bonchev–Trinajstić information content (AvgIpc) is 2.77. The number of carbonyl (C=O) groups excluding carboxylic acids is 4. The fourth-order valence-electron chi connectivity index (χ4n) is 3.24. The molecule has 172 valence electrons. The number of esters is 4. The molecule has 0 N–H and O–H groups in total. The normalized spacial score (nSPS) is 10.4. The van der Waals surface area contributed by atoms with E-state index in [9.17, 15) is 19.2 Å². The Labute approximate surface area is 185 Å². The lowest BCUT2D eigenvalue weighted by molar-refractivity contribution is 0.0446. The molecule has 0 saturated heterocycles. The predicted octanol–water partition coefficient (Wildman–Crippen LogP) is 3.56. The molecule has 0 heterocycles. The number of methoxy groups -OCH3 is 1. The molecule has 9 heteroatoms. The SMILES string of the molecule is CCOC(=O)c1c(C(=O)OCC)c(C(=O)OCC)c2cc(OC)ccc2c1C(=O)OCC. The van der Waals surface area contributed by atoms with E-state index in [4.69, 9.17) is 23.7 Å². The minimum atomic E-state index is -0.978. The van der Waals surface area contributed by atoms with Gasteiger partial charge < -0.3 is 23.7 Å². The van der Waals surface area contributed by atoms with E-state index < -0.39 is 35.0 Å². The Kier molecular flexibility index (Phi) is 8.57. The molecule has 9 nitrogen and oxygen atoms in total. The van der Waals surface area contributed by atoms with Crippen molar-refractivity contribution >= 4 is 34.6 Å². The number of benzene rings is 2. The quantitative estimate of drug-likeness (QED) is 0.421. The van der Waals surface area contributed by atoms with Crippen LogP contribution in [0.2, 0.25) is 0 Å². The number of fused-ring (bicyclic) bond motifs is 1. The van der Waals surface area contributed by atoms with Crippen LogP contribution in [0.1, 0.15) is 69.1 Å². The highest BCUT2D eigenvalue weighted by Gasteiger charge is 2.36. The van der Waals surface area contributed by atoms with Crippen LogP contribution in [0.15, 0.2) is 18.2 Å². The predicted molar refractivity (Wildman–Crippen MR) is 114 cm³/mol. The minimum Gasteiger partial charge on any atom is -0.497 e. The third kappa shape index (κ3) is 4.82. The van der Waals surface area contributed by atoms with Crippen molar-refractivity contribution in [2.45, 2.75) is 27.7 Å². The monoisotopic (exact) mass is 446 g/mol. The number of ether oxygens (including phenoxy) is 5. The minimum absolute atomic E-state index is 0.0148. The summed E-state index contributed by atoms with van der Waals surface area (Å²) in [7, 11) is 1.43. The zero-order valence-electron chi connectivity index (χ0n) is 18.7. The van der Waals surface area contributed by atoms with Gasteiger partial charge in [-0.2, -0.15) is 0 Å². The zero-order chi connectivity index (χ0) is 23.8. The molecule has 2 aromatic rings. The second-order valence-electron chi connectivity index (χ2n) is 6.29. The Morgan fingerprint density at radius 1 is 0.594 bits per heavy atom. The fraction of sp³-hybridized carbons (Fsp3) is 0.391. The van der Waals surface area contributed by atoms with E-state index in [1.807, 2.05) is 0 Å². The summed E-state index contributed by atoms with van der Waals surface area (Å²) in [6.45, 7) is 6.32. The van der Waals surface area contributed by atoms with Gasteiger partial charge in [0.2, 0.25) is 0 Å². The van der Waals surface area contributed by atoms with Gasteiger partial charge in [-0.3, -0.25) is 0 Å². The molecule has 0 aromatic heterocycles. The van der Waals surface area contributed by atoms with E-state index in [1.54, 1.807) is 33.8 Å². The van der Waals surface area contributed by atoms with Crippen molar-refractivity contribution in [3.8, 4) is 5.75 Å². The molecule has 0 aliphatic heterocycles. The maximum atomic E-state index is 13.0. The summed E-state index contributed by atoms with van der Waals surface area (Å²) >= 11 is 0. The van der Waals surface area contributed by atoms with Gasteiger partial charge in [0.25, 0.3) is 0 Å². The summed E-state index contributed by atoms with van der Waals surface area (Å²) in [5, 5.41) is 0.366. The van der Waals surface area contributed by atoms with Crippen molar-refractivity contribution in [3.05, 3.63) is 40.5 Å². The Morgan fingerprint density at radius 3 is 1.34 bits per heavy atom. The molecule has 0 aliphatic rings. The molecule has 0 fully saturated rings.